The number of likely N-dealkylation sites (tertiary alicyclic amines) is 1. The summed E-state index contributed by atoms with van der Waals surface area (Å²) in [7, 11) is 0. The highest BCUT2D eigenvalue weighted by atomic mass is 15.2. The summed E-state index contributed by atoms with van der Waals surface area (Å²) >= 11 is 0. The van der Waals surface area contributed by atoms with E-state index in [4.69, 9.17) is 5.73 Å². The molecule has 1 heterocycles. The lowest BCUT2D eigenvalue weighted by atomic mass is 10.0. The third kappa shape index (κ3) is 3.56. The van der Waals surface area contributed by atoms with Gasteiger partial charge < -0.3 is 5.73 Å². The molecule has 18 heavy (non-hydrogen) atoms. The van der Waals surface area contributed by atoms with E-state index in [1.165, 1.54) is 43.5 Å². The van der Waals surface area contributed by atoms with Crippen LogP contribution in [0.1, 0.15) is 37.3 Å². The molecule has 1 aliphatic heterocycles. The van der Waals surface area contributed by atoms with Crippen molar-refractivity contribution in [3.05, 3.63) is 35.4 Å². The molecule has 0 saturated carbocycles. The van der Waals surface area contributed by atoms with E-state index in [1.54, 1.807) is 0 Å². The van der Waals surface area contributed by atoms with Gasteiger partial charge in [-0.3, -0.25) is 4.90 Å². The van der Waals surface area contributed by atoms with Gasteiger partial charge in [0.05, 0.1) is 0 Å². The van der Waals surface area contributed by atoms with Gasteiger partial charge in [0.1, 0.15) is 0 Å². The number of nitrogens with two attached hydrogens (primary N) is 1. The van der Waals surface area contributed by atoms with E-state index >= 15 is 0 Å². The Labute approximate surface area is 111 Å². The Morgan fingerprint density at radius 3 is 2.22 bits per heavy atom. The van der Waals surface area contributed by atoms with E-state index in [-0.39, 0.29) is 0 Å². The van der Waals surface area contributed by atoms with Crippen molar-refractivity contribution in [2.75, 3.05) is 19.6 Å². The Balaban J connectivity index is 1.95. The van der Waals surface area contributed by atoms with Crippen LogP contribution in [0.2, 0.25) is 0 Å². The fourth-order valence-corrected chi connectivity index (χ4v) is 2.83. The van der Waals surface area contributed by atoms with Crippen molar-refractivity contribution in [2.45, 2.75) is 45.1 Å². The molecule has 0 aromatic heterocycles. The van der Waals surface area contributed by atoms with Crippen LogP contribution in [0.15, 0.2) is 24.3 Å². The first-order valence-electron chi connectivity index (χ1n) is 7.35. The highest BCUT2D eigenvalue weighted by Crippen LogP contribution is 2.15. The summed E-state index contributed by atoms with van der Waals surface area (Å²) in [5, 5.41) is 0. The minimum absolute atomic E-state index is 0.526. The Morgan fingerprint density at radius 1 is 1.06 bits per heavy atom. The van der Waals surface area contributed by atoms with Gasteiger partial charge in [-0.15, -0.1) is 0 Å². The molecule has 2 heteroatoms. The number of rotatable bonds is 5. The first-order valence-corrected chi connectivity index (χ1v) is 7.35. The minimum Gasteiger partial charge on any atom is -0.329 e. The summed E-state index contributed by atoms with van der Waals surface area (Å²) < 4.78 is 0. The lowest BCUT2D eigenvalue weighted by Crippen LogP contribution is -2.44. The predicted octanol–water partition coefficient (Wildman–Crippen LogP) is 2.60. The second-order valence-corrected chi connectivity index (χ2v) is 5.36. The quantitative estimate of drug-likeness (QED) is 0.865. The third-order valence-electron chi connectivity index (χ3n) is 4.08. The number of hydrogen-bond acceptors (Lipinski definition) is 2. The van der Waals surface area contributed by atoms with E-state index < -0.39 is 0 Å². The van der Waals surface area contributed by atoms with Crippen LogP contribution in [0.3, 0.4) is 0 Å². The topological polar surface area (TPSA) is 29.3 Å². The van der Waals surface area contributed by atoms with Crippen molar-refractivity contribution in [1.82, 2.24) is 4.90 Å². The molecule has 2 nitrogen and oxygen atoms in total. The van der Waals surface area contributed by atoms with Gasteiger partial charge >= 0.3 is 0 Å². The monoisotopic (exact) mass is 246 g/mol. The normalized spacial score (nSPS) is 18.8. The van der Waals surface area contributed by atoms with Crippen LogP contribution in [0.5, 0.6) is 0 Å². The van der Waals surface area contributed by atoms with Crippen molar-refractivity contribution in [1.29, 1.82) is 0 Å². The summed E-state index contributed by atoms with van der Waals surface area (Å²) in [6, 6.07) is 9.56. The van der Waals surface area contributed by atoms with E-state index in [2.05, 4.69) is 36.1 Å². The maximum Gasteiger partial charge on any atom is 0.0258 e. The molecule has 2 rings (SSSR count). The van der Waals surface area contributed by atoms with Crippen LogP contribution in [0.4, 0.5) is 0 Å². The molecule has 0 amide bonds. The van der Waals surface area contributed by atoms with E-state index in [0.29, 0.717) is 6.04 Å². The van der Waals surface area contributed by atoms with Crippen molar-refractivity contribution in [3.8, 4) is 0 Å². The molecule has 1 atom stereocenters. The third-order valence-corrected chi connectivity index (χ3v) is 4.08. The minimum atomic E-state index is 0.526. The second kappa shape index (κ2) is 6.91. The van der Waals surface area contributed by atoms with Crippen LogP contribution in [0, 0.1) is 0 Å². The average molecular weight is 246 g/mol. The molecular formula is C16H26N2. The lowest BCUT2D eigenvalue weighted by Gasteiger charge is -2.34. The predicted molar refractivity (Wildman–Crippen MR) is 77.8 cm³/mol. The highest BCUT2D eigenvalue weighted by Gasteiger charge is 2.19. The molecule has 0 bridgehead atoms. The first kappa shape index (κ1) is 13.6. The maximum absolute atomic E-state index is 5.97. The summed E-state index contributed by atoms with van der Waals surface area (Å²) in [5.41, 5.74) is 8.81. The molecule has 1 aromatic carbocycles. The summed E-state index contributed by atoms with van der Waals surface area (Å²) in [6.45, 7) is 5.44. The van der Waals surface area contributed by atoms with E-state index in [0.717, 1.165) is 19.4 Å². The van der Waals surface area contributed by atoms with E-state index in [1.807, 2.05) is 0 Å². The number of aryl methyl sites for hydroxylation is 1. The molecule has 1 aromatic rings. The molecule has 100 valence electrons. The van der Waals surface area contributed by atoms with Crippen molar-refractivity contribution in [2.24, 2.45) is 5.73 Å². The van der Waals surface area contributed by atoms with Gasteiger partial charge in [0.2, 0.25) is 0 Å². The van der Waals surface area contributed by atoms with Crippen LogP contribution >= 0.6 is 0 Å². The zero-order chi connectivity index (χ0) is 12.8. The molecule has 0 radical (unpaired) electrons. The molecular weight excluding hydrogens is 220 g/mol. The van der Waals surface area contributed by atoms with Crippen LogP contribution in [-0.2, 0) is 12.8 Å². The standard InChI is InChI=1S/C16H26N2/c1-2-14-6-8-15(9-7-14)12-16(13-17)18-10-4-3-5-11-18/h6-9,16H,2-5,10-13,17H2,1H3. The first-order chi connectivity index (χ1) is 8.83. The Hall–Kier alpha value is -0.860. The molecule has 0 aliphatic carbocycles. The van der Waals surface area contributed by atoms with Gasteiger partial charge in [-0.25, -0.2) is 0 Å². The Kier molecular flexibility index (Phi) is 5.21. The van der Waals surface area contributed by atoms with Crippen molar-refractivity contribution >= 4 is 0 Å². The largest absolute Gasteiger partial charge is 0.329 e. The van der Waals surface area contributed by atoms with Gasteiger partial charge in [-0.1, -0.05) is 37.6 Å². The Morgan fingerprint density at radius 2 is 1.67 bits per heavy atom. The summed E-state index contributed by atoms with van der Waals surface area (Å²) in [6.07, 6.45) is 6.28. The van der Waals surface area contributed by atoms with Crippen LogP contribution < -0.4 is 5.73 Å². The molecule has 1 aliphatic rings. The molecule has 1 saturated heterocycles. The SMILES string of the molecule is CCc1ccc(CC(CN)N2CCCCC2)cc1. The second-order valence-electron chi connectivity index (χ2n) is 5.36. The van der Waals surface area contributed by atoms with Crippen LogP contribution in [0.25, 0.3) is 0 Å². The molecule has 0 spiro atoms. The Bertz CT molecular complexity index is 339. The van der Waals surface area contributed by atoms with Gasteiger partial charge in [-0.2, -0.15) is 0 Å². The number of nitrogens with zero attached hydrogens (tertiary/aromatic N) is 1. The fraction of sp³-hybridized carbons (Fsp3) is 0.625. The average Bonchev–Trinajstić information content (AvgIpc) is 2.46. The van der Waals surface area contributed by atoms with Gasteiger partial charge in [0.15, 0.2) is 0 Å². The van der Waals surface area contributed by atoms with Crippen molar-refractivity contribution in [3.63, 3.8) is 0 Å². The van der Waals surface area contributed by atoms with Gasteiger partial charge in [0, 0.05) is 12.6 Å². The fourth-order valence-electron chi connectivity index (χ4n) is 2.83. The number of benzene rings is 1. The molecule has 2 N–H and O–H groups in total. The summed E-state index contributed by atoms with van der Waals surface area (Å²) in [4.78, 5) is 2.58. The highest BCUT2D eigenvalue weighted by molar-refractivity contribution is 5.23. The van der Waals surface area contributed by atoms with Gasteiger partial charge in [0.25, 0.3) is 0 Å². The number of piperidine rings is 1. The maximum atomic E-state index is 5.97. The molecule has 1 unspecified atom stereocenters. The van der Waals surface area contributed by atoms with Crippen molar-refractivity contribution < 1.29 is 0 Å². The van der Waals surface area contributed by atoms with Gasteiger partial charge in [-0.05, 0) is 49.9 Å². The number of hydrogen-bond donors (Lipinski definition) is 1. The molecule has 1 fully saturated rings. The smallest absolute Gasteiger partial charge is 0.0258 e. The zero-order valence-electron chi connectivity index (χ0n) is 11.6. The van der Waals surface area contributed by atoms with E-state index in [9.17, 15) is 0 Å². The summed E-state index contributed by atoms with van der Waals surface area (Å²) in [5.74, 6) is 0. The zero-order valence-corrected chi connectivity index (χ0v) is 11.6. The lowest BCUT2D eigenvalue weighted by molar-refractivity contribution is 0.166. The van der Waals surface area contributed by atoms with Crippen LogP contribution in [-0.4, -0.2) is 30.6 Å².